The highest BCUT2D eigenvalue weighted by Crippen LogP contribution is 2.43. The lowest BCUT2D eigenvalue weighted by Gasteiger charge is -2.20. The molecule has 5 atom stereocenters. The summed E-state index contributed by atoms with van der Waals surface area (Å²) in [4.78, 5) is 0. The first-order chi connectivity index (χ1) is 16.3. The van der Waals surface area contributed by atoms with Crippen LogP contribution >= 0.6 is 0 Å². The molecule has 5 rings (SSSR count). The summed E-state index contributed by atoms with van der Waals surface area (Å²) in [5.74, 6) is 1.47. The van der Waals surface area contributed by atoms with Crippen LogP contribution < -0.4 is 0 Å². The zero-order chi connectivity index (χ0) is 24.4. The second-order valence-electron chi connectivity index (χ2n) is 10.4. The van der Waals surface area contributed by atoms with Gasteiger partial charge in [0.25, 0.3) is 0 Å². The Hall–Kier alpha value is -1.28. The lowest BCUT2D eigenvalue weighted by molar-refractivity contribution is -0.145. The summed E-state index contributed by atoms with van der Waals surface area (Å²) in [6, 6.07) is 0. The number of hydrogen-bond acceptors (Lipinski definition) is 6. The first-order valence-electron chi connectivity index (χ1n) is 12.7. The number of rotatable bonds is 8. The van der Waals surface area contributed by atoms with Gasteiger partial charge in [-0.2, -0.15) is 0 Å². The van der Waals surface area contributed by atoms with E-state index in [9.17, 15) is 0 Å². The molecule has 0 amide bonds. The largest absolute Gasteiger partial charge is 0.378 e. The van der Waals surface area contributed by atoms with Gasteiger partial charge in [-0.25, -0.2) is 0 Å². The molecule has 0 aromatic heterocycles. The minimum atomic E-state index is -0.442. The number of fused-ring (bicyclic) bond motifs is 2. The van der Waals surface area contributed by atoms with Gasteiger partial charge in [0.05, 0.1) is 39.6 Å². The quantitative estimate of drug-likeness (QED) is 0.354. The second-order valence-corrected chi connectivity index (χ2v) is 10.4. The Morgan fingerprint density at radius 1 is 0.853 bits per heavy atom. The van der Waals surface area contributed by atoms with Gasteiger partial charge in [0.1, 0.15) is 12.2 Å². The van der Waals surface area contributed by atoms with Gasteiger partial charge in [0.2, 0.25) is 0 Å². The molecule has 0 aromatic carbocycles. The second kappa shape index (κ2) is 13.1. The molecule has 6 nitrogen and oxygen atoms in total. The molecule has 2 heterocycles. The molecule has 2 aliphatic heterocycles. The molecule has 0 spiro atoms. The third kappa shape index (κ3) is 9.40. The van der Waals surface area contributed by atoms with Crippen LogP contribution in [0.1, 0.15) is 47.0 Å². The van der Waals surface area contributed by atoms with Crippen molar-refractivity contribution in [1.82, 2.24) is 0 Å². The van der Waals surface area contributed by atoms with Gasteiger partial charge in [-0.3, -0.25) is 0 Å². The predicted molar refractivity (Wildman–Crippen MR) is 133 cm³/mol. The van der Waals surface area contributed by atoms with Crippen molar-refractivity contribution in [3.05, 3.63) is 49.1 Å². The maximum atomic E-state index is 5.81. The summed E-state index contributed by atoms with van der Waals surface area (Å²) in [5.41, 5.74) is 0. The highest BCUT2D eigenvalue weighted by molar-refractivity contribution is 5.12. The fourth-order valence-corrected chi connectivity index (χ4v) is 4.80. The smallest absolute Gasteiger partial charge is 0.163 e. The Labute approximate surface area is 205 Å². The van der Waals surface area contributed by atoms with Crippen molar-refractivity contribution in [3.8, 4) is 0 Å². The first-order valence-corrected chi connectivity index (χ1v) is 12.7. The van der Waals surface area contributed by atoms with E-state index in [2.05, 4.69) is 43.0 Å². The number of ether oxygens (including phenoxy) is 6. The maximum Gasteiger partial charge on any atom is 0.163 e. The van der Waals surface area contributed by atoms with E-state index < -0.39 is 11.6 Å². The van der Waals surface area contributed by atoms with Crippen LogP contribution in [-0.4, -0.2) is 63.4 Å². The SMILES string of the molecule is C1=CCC=C1.C=CCOCC1COC(C)(C)O1.CC1(C)OCC(COCC2CC3C=CC2C3)O1. The Morgan fingerprint density at radius 2 is 1.47 bits per heavy atom. The molecule has 192 valence electrons. The van der Waals surface area contributed by atoms with E-state index in [0.29, 0.717) is 33.0 Å². The summed E-state index contributed by atoms with van der Waals surface area (Å²) in [7, 11) is 0. The third-order valence-corrected chi connectivity index (χ3v) is 6.38. The molecule has 34 heavy (non-hydrogen) atoms. The van der Waals surface area contributed by atoms with Gasteiger partial charge in [-0.05, 0) is 64.7 Å². The molecular formula is C28H44O6. The van der Waals surface area contributed by atoms with Gasteiger partial charge >= 0.3 is 0 Å². The van der Waals surface area contributed by atoms with Crippen LogP contribution in [0.3, 0.4) is 0 Å². The van der Waals surface area contributed by atoms with Gasteiger partial charge in [-0.15, -0.1) is 6.58 Å². The number of hydrogen-bond donors (Lipinski definition) is 0. The molecule has 0 aromatic rings. The zero-order valence-electron chi connectivity index (χ0n) is 21.4. The lowest BCUT2D eigenvalue weighted by atomic mass is 9.95. The average molecular weight is 477 g/mol. The van der Waals surface area contributed by atoms with Gasteiger partial charge in [-0.1, -0.05) is 42.5 Å². The summed E-state index contributed by atoms with van der Waals surface area (Å²) in [5, 5.41) is 0. The van der Waals surface area contributed by atoms with E-state index in [4.69, 9.17) is 28.4 Å². The first kappa shape index (κ1) is 27.3. The van der Waals surface area contributed by atoms with Crippen LogP contribution in [-0.2, 0) is 28.4 Å². The average Bonchev–Trinajstić information content (AvgIpc) is 3.60. The van der Waals surface area contributed by atoms with Crippen LogP contribution in [0.25, 0.3) is 0 Å². The molecule has 3 fully saturated rings. The maximum absolute atomic E-state index is 5.81. The van der Waals surface area contributed by atoms with Crippen LogP contribution in [0.15, 0.2) is 49.1 Å². The predicted octanol–water partition coefficient (Wildman–Crippen LogP) is 5.21. The molecule has 1 saturated carbocycles. The highest BCUT2D eigenvalue weighted by Gasteiger charge is 2.37. The lowest BCUT2D eigenvalue weighted by Crippen LogP contribution is -2.25. The minimum Gasteiger partial charge on any atom is -0.378 e. The number of allylic oxidation sites excluding steroid dienone is 6. The Kier molecular flexibility index (Phi) is 10.6. The fourth-order valence-electron chi connectivity index (χ4n) is 4.80. The Balaban J connectivity index is 0.000000165. The molecule has 2 bridgehead atoms. The molecule has 2 saturated heterocycles. The van der Waals surface area contributed by atoms with Crippen molar-refractivity contribution in [1.29, 1.82) is 0 Å². The van der Waals surface area contributed by atoms with E-state index in [0.717, 1.165) is 30.8 Å². The van der Waals surface area contributed by atoms with Crippen molar-refractivity contribution in [3.63, 3.8) is 0 Å². The summed E-state index contributed by atoms with van der Waals surface area (Å²) < 4.78 is 33.1. The Morgan fingerprint density at radius 3 is 1.88 bits per heavy atom. The minimum absolute atomic E-state index is 0.0694. The van der Waals surface area contributed by atoms with E-state index in [1.807, 2.05) is 27.7 Å². The van der Waals surface area contributed by atoms with Crippen molar-refractivity contribution >= 4 is 0 Å². The fraction of sp³-hybridized carbons (Fsp3) is 0.714. The van der Waals surface area contributed by atoms with Crippen molar-refractivity contribution in [2.24, 2.45) is 17.8 Å². The van der Waals surface area contributed by atoms with Crippen molar-refractivity contribution in [2.45, 2.75) is 70.7 Å². The van der Waals surface area contributed by atoms with Gasteiger partial charge in [0.15, 0.2) is 11.6 Å². The van der Waals surface area contributed by atoms with Gasteiger partial charge in [0, 0.05) is 0 Å². The van der Waals surface area contributed by atoms with Crippen LogP contribution in [0, 0.1) is 17.8 Å². The van der Waals surface area contributed by atoms with Crippen molar-refractivity contribution in [2.75, 3.05) is 39.6 Å². The summed E-state index contributed by atoms with van der Waals surface area (Å²) >= 11 is 0. The van der Waals surface area contributed by atoms with Gasteiger partial charge < -0.3 is 28.4 Å². The monoisotopic (exact) mass is 476 g/mol. The molecule has 3 aliphatic carbocycles. The van der Waals surface area contributed by atoms with E-state index in [1.165, 1.54) is 12.8 Å². The molecule has 0 radical (unpaired) electrons. The summed E-state index contributed by atoms with van der Waals surface area (Å²) in [6.07, 6.45) is 18.8. The third-order valence-electron chi connectivity index (χ3n) is 6.38. The summed E-state index contributed by atoms with van der Waals surface area (Å²) in [6.45, 7) is 15.2. The Bertz CT molecular complexity index is 700. The van der Waals surface area contributed by atoms with Crippen LogP contribution in [0.5, 0.6) is 0 Å². The standard InChI is InChI=1S/C14H22O3.C9H16O3.C5H6/c1-14(2)16-9-13(17-14)8-15-7-12-6-10-3-4-11(12)5-10;1-4-5-10-6-8-7-11-9(2,3)12-8;1-2-4-5-3-1/h3-4,10-13H,5-9H2,1-2H3;4,8H,1,5-7H2,2-3H3;1-4H,5H2. The van der Waals surface area contributed by atoms with E-state index >= 15 is 0 Å². The van der Waals surface area contributed by atoms with E-state index in [-0.39, 0.29) is 12.2 Å². The molecular weight excluding hydrogens is 432 g/mol. The highest BCUT2D eigenvalue weighted by atomic mass is 16.8. The van der Waals surface area contributed by atoms with E-state index in [1.54, 1.807) is 6.08 Å². The molecule has 6 heteroatoms. The molecule has 5 aliphatic rings. The topological polar surface area (TPSA) is 55.4 Å². The van der Waals surface area contributed by atoms with Crippen LogP contribution in [0.4, 0.5) is 0 Å². The van der Waals surface area contributed by atoms with Crippen molar-refractivity contribution < 1.29 is 28.4 Å². The van der Waals surface area contributed by atoms with Crippen LogP contribution in [0.2, 0.25) is 0 Å². The molecule has 0 N–H and O–H groups in total. The normalized spacial score (nSPS) is 33.5. The zero-order valence-corrected chi connectivity index (χ0v) is 21.4. The molecule has 5 unspecified atom stereocenters.